The van der Waals surface area contributed by atoms with Crippen molar-refractivity contribution < 1.29 is 0 Å². The van der Waals surface area contributed by atoms with Gasteiger partial charge in [0, 0.05) is 24.0 Å². The fourth-order valence-electron chi connectivity index (χ4n) is 2.05. The van der Waals surface area contributed by atoms with Crippen molar-refractivity contribution in [3.63, 3.8) is 0 Å². The lowest BCUT2D eigenvalue weighted by molar-refractivity contribution is 1.25. The summed E-state index contributed by atoms with van der Waals surface area (Å²) in [6, 6.07) is 11.8. The zero-order valence-corrected chi connectivity index (χ0v) is 13.0. The van der Waals surface area contributed by atoms with Gasteiger partial charge in [-0.3, -0.25) is 4.98 Å². The Morgan fingerprint density at radius 2 is 1.64 bits per heavy atom. The Morgan fingerprint density at radius 1 is 0.727 bits per heavy atom. The Kier molecular flexibility index (Phi) is 3.46. The molecule has 4 aromatic heterocycles. The summed E-state index contributed by atoms with van der Waals surface area (Å²) in [5.41, 5.74) is 2.64. The second kappa shape index (κ2) is 5.75. The maximum absolute atomic E-state index is 4.70. The molecular weight excluding hydrogens is 312 g/mol. The van der Waals surface area contributed by atoms with Crippen molar-refractivity contribution in [2.75, 3.05) is 0 Å². The highest BCUT2D eigenvalue weighted by atomic mass is 32.1. The lowest BCUT2D eigenvalue weighted by Crippen LogP contribution is -1.88. The average molecular weight is 322 g/mol. The molecule has 0 spiro atoms. The molecule has 0 aliphatic heterocycles. The maximum atomic E-state index is 4.70. The van der Waals surface area contributed by atoms with E-state index in [4.69, 9.17) is 4.98 Å². The summed E-state index contributed by atoms with van der Waals surface area (Å²) in [4.78, 5) is 18.8. The van der Waals surface area contributed by atoms with Crippen LogP contribution in [0.2, 0.25) is 0 Å². The van der Waals surface area contributed by atoms with E-state index in [9.17, 15) is 0 Å². The molecule has 4 heterocycles. The van der Waals surface area contributed by atoms with Gasteiger partial charge in [-0.15, -0.1) is 22.7 Å². The quantitative estimate of drug-likeness (QED) is 0.561. The minimum absolute atomic E-state index is 0.863. The Bertz CT molecular complexity index is 885. The second-order valence-electron chi connectivity index (χ2n) is 4.49. The van der Waals surface area contributed by atoms with E-state index in [-0.39, 0.29) is 0 Å². The van der Waals surface area contributed by atoms with E-state index in [1.165, 1.54) is 0 Å². The normalized spacial score (nSPS) is 10.7. The molecule has 0 atom stereocenters. The van der Waals surface area contributed by atoms with Crippen molar-refractivity contribution in [1.82, 2.24) is 19.9 Å². The largest absolute Gasteiger partial charge is 0.255 e. The van der Waals surface area contributed by atoms with Gasteiger partial charge in [-0.1, -0.05) is 12.1 Å². The summed E-state index contributed by atoms with van der Waals surface area (Å²) in [6.07, 6.45) is 5.42. The monoisotopic (exact) mass is 322 g/mol. The number of aromatic nitrogens is 4. The molecule has 0 aliphatic rings. The van der Waals surface area contributed by atoms with Crippen LogP contribution in [0.25, 0.3) is 32.0 Å². The third-order valence-electron chi connectivity index (χ3n) is 3.05. The molecule has 0 N–H and O–H groups in total. The molecular formula is C16H10N4S2. The van der Waals surface area contributed by atoms with Crippen LogP contribution in [-0.4, -0.2) is 19.9 Å². The summed E-state index contributed by atoms with van der Waals surface area (Å²) in [5.74, 6) is 0. The summed E-state index contributed by atoms with van der Waals surface area (Å²) in [5, 5.41) is 3.82. The van der Waals surface area contributed by atoms with Gasteiger partial charge in [0.25, 0.3) is 0 Å². The van der Waals surface area contributed by atoms with Crippen molar-refractivity contribution in [2.45, 2.75) is 0 Å². The third-order valence-corrected chi connectivity index (χ3v) is 4.99. The van der Waals surface area contributed by atoms with E-state index in [1.807, 2.05) is 48.0 Å². The molecule has 0 saturated carbocycles. The molecule has 4 aromatic rings. The standard InChI is InChI=1S/C16H10N4S2/c1-2-7-17-11(4-1)12-5-3-6-13(20-12)14-10-19-16(22-14)15-18-8-9-21-15/h1-10H. The molecule has 0 radical (unpaired) electrons. The van der Waals surface area contributed by atoms with Gasteiger partial charge in [-0.2, -0.15) is 0 Å². The first kappa shape index (κ1) is 13.2. The topological polar surface area (TPSA) is 51.6 Å². The highest BCUT2D eigenvalue weighted by molar-refractivity contribution is 7.22. The van der Waals surface area contributed by atoms with Crippen LogP contribution in [0.4, 0.5) is 0 Å². The van der Waals surface area contributed by atoms with Gasteiger partial charge < -0.3 is 0 Å². The minimum atomic E-state index is 0.863. The van der Waals surface area contributed by atoms with E-state index < -0.39 is 0 Å². The zero-order valence-electron chi connectivity index (χ0n) is 11.4. The number of thiazole rings is 2. The van der Waals surface area contributed by atoms with Gasteiger partial charge in [-0.25, -0.2) is 15.0 Å². The van der Waals surface area contributed by atoms with Gasteiger partial charge in [0.2, 0.25) is 0 Å². The first-order valence-corrected chi connectivity index (χ1v) is 8.34. The smallest absolute Gasteiger partial charge is 0.152 e. The number of pyridine rings is 2. The summed E-state index contributed by atoms with van der Waals surface area (Å²) in [7, 11) is 0. The van der Waals surface area contributed by atoms with Crippen LogP contribution in [-0.2, 0) is 0 Å². The molecule has 4 rings (SSSR count). The molecule has 106 valence electrons. The molecule has 0 fully saturated rings. The van der Waals surface area contributed by atoms with E-state index in [0.717, 1.165) is 32.0 Å². The fraction of sp³-hybridized carbons (Fsp3) is 0. The maximum Gasteiger partial charge on any atom is 0.152 e. The molecule has 0 aromatic carbocycles. The van der Waals surface area contributed by atoms with Gasteiger partial charge >= 0.3 is 0 Å². The molecule has 4 nitrogen and oxygen atoms in total. The number of nitrogens with zero attached hydrogens (tertiary/aromatic N) is 4. The van der Waals surface area contributed by atoms with Gasteiger partial charge in [0.15, 0.2) is 10.0 Å². The summed E-state index contributed by atoms with van der Waals surface area (Å²) in [6.45, 7) is 0. The number of rotatable bonds is 3. The van der Waals surface area contributed by atoms with Crippen molar-refractivity contribution in [3.05, 3.63) is 60.4 Å². The lowest BCUT2D eigenvalue weighted by Gasteiger charge is -2.01. The van der Waals surface area contributed by atoms with Crippen LogP contribution in [0.5, 0.6) is 0 Å². The van der Waals surface area contributed by atoms with Gasteiger partial charge in [0.05, 0.1) is 22.0 Å². The van der Waals surface area contributed by atoms with Crippen LogP contribution in [0, 0.1) is 0 Å². The Hall–Kier alpha value is -2.44. The second-order valence-corrected chi connectivity index (χ2v) is 6.42. The Labute approximate surface area is 135 Å². The van der Waals surface area contributed by atoms with E-state index in [0.29, 0.717) is 0 Å². The summed E-state index contributed by atoms with van der Waals surface area (Å²) < 4.78 is 0. The van der Waals surface area contributed by atoms with Crippen LogP contribution < -0.4 is 0 Å². The molecule has 0 amide bonds. The Balaban J connectivity index is 1.72. The first-order valence-electron chi connectivity index (χ1n) is 6.65. The van der Waals surface area contributed by atoms with Crippen molar-refractivity contribution in [3.8, 4) is 32.0 Å². The van der Waals surface area contributed by atoms with Crippen molar-refractivity contribution in [1.29, 1.82) is 0 Å². The van der Waals surface area contributed by atoms with Crippen LogP contribution in [0.3, 0.4) is 0 Å². The van der Waals surface area contributed by atoms with Crippen molar-refractivity contribution >= 4 is 22.7 Å². The highest BCUT2D eigenvalue weighted by Crippen LogP contribution is 2.32. The van der Waals surface area contributed by atoms with Gasteiger partial charge in [0.1, 0.15) is 0 Å². The van der Waals surface area contributed by atoms with E-state index >= 15 is 0 Å². The third kappa shape index (κ3) is 2.54. The lowest BCUT2D eigenvalue weighted by atomic mass is 10.2. The van der Waals surface area contributed by atoms with Gasteiger partial charge in [-0.05, 0) is 24.3 Å². The van der Waals surface area contributed by atoms with Crippen LogP contribution >= 0.6 is 22.7 Å². The molecule has 0 aliphatic carbocycles. The van der Waals surface area contributed by atoms with E-state index in [1.54, 1.807) is 35.1 Å². The molecule has 0 bridgehead atoms. The number of hydrogen-bond acceptors (Lipinski definition) is 6. The molecule has 0 unspecified atom stereocenters. The predicted octanol–water partition coefficient (Wildman–Crippen LogP) is 4.39. The van der Waals surface area contributed by atoms with Crippen molar-refractivity contribution in [2.24, 2.45) is 0 Å². The average Bonchev–Trinajstić information content (AvgIpc) is 3.27. The minimum Gasteiger partial charge on any atom is -0.255 e. The van der Waals surface area contributed by atoms with Crippen LogP contribution in [0.1, 0.15) is 0 Å². The molecule has 0 saturated heterocycles. The molecule has 22 heavy (non-hydrogen) atoms. The zero-order chi connectivity index (χ0) is 14.8. The SMILES string of the molecule is c1ccc(-c2cccc(-c3cnc(-c4nccs4)s3)n2)nc1. The Morgan fingerprint density at radius 3 is 2.45 bits per heavy atom. The fourth-order valence-corrected chi connectivity index (χ4v) is 3.62. The van der Waals surface area contributed by atoms with E-state index in [2.05, 4.69) is 15.0 Å². The predicted molar refractivity (Wildman–Crippen MR) is 89.7 cm³/mol. The first-order chi connectivity index (χ1) is 10.9. The summed E-state index contributed by atoms with van der Waals surface area (Å²) >= 11 is 3.19. The highest BCUT2D eigenvalue weighted by Gasteiger charge is 2.10. The number of hydrogen-bond donors (Lipinski definition) is 0. The van der Waals surface area contributed by atoms with Crippen LogP contribution in [0.15, 0.2) is 60.4 Å². The molecule has 6 heteroatoms.